The van der Waals surface area contributed by atoms with E-state index in [-0.39, 0.29) is 11.5 Å². The van der Waals surface area contributed by atoms with E-state index in [1.165, 1.54) is 5.75 Å². The highest BCUT2D eigenvalue weighted by molar-refractivity contribution is 7.99. The van der Waals surface area contributed by atoms with Crippen LogP contribution in [-0.2, 0) is 4.74 Å². The van der Waals surface area contributed by atoms with Crippen LogP contribution in [0, 0.1) is 12.8 Å². The fourth-order valence-electron chi connectivity index (χ4n) is 3.54. The predicted octanol–water partition coefficient (Wildman–Crippen LogP) is 3.34. The van der Waals surface area contributed by atoms with Gasteiger partial charge < -0.3 is 14.6 Å². The molecule has 0 radical (unpaired) electrons. The minimum absolute atomic E-state index is 0.00558. The first kappa shape index (κ1) is 15.2. The number of methoxy groups -OCH3 is 1. The van der Waals surface area contributed by atoms with Gasteiger partial charge >= 0.3 is 0 Å². The largest absolute Gasteiger partial charge is 0.496 e. The summed E-state index contributed by atoms with van der Waals surface area (Å²) in [5.74, 6) is 3.29. The van der Waals surface area contributed by atoms with E-state index in [2.05, 4.69) is 13.0 Å². The summed E-state index contributed by atoms with van der Waals surface area (Å²) in [6.45, 7) is 2.81. The average molecular weight is 308 g/mol. The van der Waals surface area contributed by atoms with E-state index in [1.807, 2.05) is 23.9 Å². The van der Waals surface area contributed by atoms with Crippen LogP contribution in [0.1, 0.15) is 36.5 Å². The highest BCUT2D eigenvalue weighted by Crippen LogP contribution is 2.45. The molecule has 0 aliphatic carbocycles. The second-order valence-electron chi connectivity index (χ2n) is 6.28. The quantitative estimate of drug-likeness (QED) is 0.929. The number of hydrogen-bond donors (Lipinski definition) is 1. The molecular formula is C17H24O3S. The minimum atomic E-state index is -0.466. The molecule has 1 aromatic rings. The molecule has 1 N–H and O–H groups in total. The average Bonchev–Trinajstić information content (AvgIpc) is 2.94. The number of hydrogen-bond acceptors (Lipinski definition) is 4. The van der Waals surface area contributed by atoms with Crippen molar-refractivity contribution in [3.63, 3.8) is 0 Å². The molecule has 0 saturated carbocycles. The third kappa shape index (κ3) is 3.08. The van der Waals surface area contributed by atoms with Gasteiger partial charge in [-0.2, -0.15) is 11.8 Å². The number of benzene rings is 1. The number of thioether (sulfide) groups is 1. The summed E-state index contributed by atoms with van der Waals surface area (Å²) < 4.78 is 11.5. The molecule has 0 bridgehead atoms. The standard InChI is InChI=1S/C17H24O3S/c1-12-3-4-15(19-2)14(9-12)16(18)13-5-7-20-17(10-13)6-8-21-11-17/h3-4,9,13,16,18H,5-8,10-11H2,1-2H3. The normalized spacial score (nSPS) is 30.5. The topological polar surface area (TPSA) is 38.7 Å². The van der Waals surface area contributed by atoms with Gasteiger partial charge in [-0.15, -0.1) is 0 Å². The van der Waals surface area contributed by atoms with Crippen molar-refractivity contribution >= 4 is 11.8 Å². The SMILES string of the molecule is COc1ccc(C)cc1C(O)C1CCOC2(CCSC2)C1. The zero-order valence-corrected chi connectivity index (χ0v) is 13.6. The van der Waals surface area contributed by atoms with Gasteiger partial charge in [0.2, 0.25) is 0 Å². The maximum atomic E-state index is 10.9. The summed E-state index contributed by atoms with van der Waals surface area (Å²) >= 11 is 1.97. The summed E-state index contributed by atoms with van der Waals surface area (Å²) in [4.78, 5) is 0. The van der Waals surface area contributed by atoms with E-state index >= 15 is 0 Å². The van der Waals surface area contributed by atoms with Crippen molar-refractivity contribution in [2.45, 2.75) is 37.9 Å². The molecule has 4 heteroatoms. The van der Waals surface area contributed by atoms with E-state index in [9.17, 15) is 5.11 Å². The third-order valence-electron chi connectivity index (χ3n) is 4.75. The summed E-state index contributed by atoms with van der Waals surface area (Å²) in [5.41, 5.74) is 2.08. The van der Waals surface area contributed by atoms with Gasteiger partial charge in [-0.05, 0) is 50.0 Å². The van der Waals surface area contributed by atoms with Crippen molar-refractivity contribution in [1.29, 1.82) is 0 Å². The van der Waals surface area contributed by atoms with Gasteiger partial charge in [-0.3, -0.25) is 0 Å². The smallest absolute Gasteiger partial charge is 0.124 e. The Labute approximate surface area is 131 Å². The maximum Gasteiger partial charge on any atom is 0.124 e. The number of aryl methyl sites for hydroxylation is 1. The van der Waals surface area contributed by atoms with Crippen LogP contribution >= 0.6 is 11.8 Å². The minimum Gasteiger partial charge on any atom is -0.496 e. The molecule has 3 atom stereocenters. The van der Waals surface area contributed by atoms with Crippen molar-refractivity contribution in [2.75, 3.05) is 25.2 Å². The summed E-state index contributed by atoms with van der Waals surface area (Å²) in [7, 11) is 1.67. The van der Waals surface area contributed by atoms with Crippen molar-refractivity contribution in [2.24, 2.45) is 5.92 Å². The van der Waals surface area contributed by atoms with Crippen molar-refractivity contribution in [3.8, 4) is 5.75 Å². The molecule has 0 aromatic heterocycles. The Morgan fingerprint density at radius 1 is 1.48 bits per heavy atom. The Morgan fingerprint density at radius 3 is 3.05 bits per heavy atom. The van der Waals surface area contributed by atoms with Gasteiger partial charge in [0, 0.05) is 17.9 Å². The molecule has 2 heterocycles. The first-order valence-electron chi connectivity index (χ1n) is 7.68. The molecule has 2 fully saturated rings. The van der Waals surface area contributed by atoms with Crippen LogP contribution in [0.3, 0.4) is 0 Å². The van der Waals surface area contributed by atoms with E-state index in [0.29, 0.717) is 0 Å². The number of rotatable bonds is 3. The molecule has 0 amide bonds. The molecular weight excluding hydrogens is 284 g/mol. The third-order valence-corrected chi connectivity index (χ3v) is 5.97. The van der Waals surface area contributed by atoms with Crippen molar-refractivity contribution < 1.29 is 14.6 Å². The van der Waals surface area contributed by atoms with E-state index in [0.717, 1.165) is 48.5 Å². The lowest BCUT2D eigenvalue weighted by atomic mass is 9.80. The van der Waals surface area contributed by atoms with E-state index in [4.69, 9.17) is 9.47 Å². The zero-order valence-electron chi connectivity index (χ0n) is 12.8. The molecule has 3 nitrogen and oxygen atoms in total. The van der Waals surface area contributed by atoms with Crippen LogP contribution in [0.25, 0.3) is 0 Å². The Kier molecular flexibility index (Phi) is 4.48. The van der Waals surface area contributed by atoms with E-state index in [1.54, 1.807) is 7.11 Å². The second kappa shape index (κ2) is 6.19. The number of aliphatic hydroxyl groups is 1. The Balaban J connectivity index is 1.81. The monoisotopic (exact) mass is 308 g/mol. The maximum absolute atomic E-state index is 10.9. The molecule has 1 spiro atoms. The van der Waals surface area contributed by atoms with Gasteiger partial charge in [0.25, 0.3) is 0 Å². The highest BCUT2D eigenvalue weighted by Gasteiger charge is 2.42. The predicted molar refractivity (Wildman–Crippen MR) is 86.0 cm³/mol. The van der Waals surface area contributed by atoms with Gasteiger partial charge in [-0.25, -0.2) is 0 Å². The highest BCUT2D eigenvalue weighted by atomic mass is 32.2. The van der Waals surface area contributed by atoms with Crippen LogP contribution < -0.4 is 4.74 Å². The van der Waals surface area contributed by atoms with Crippen LogP contribution in [-0.4, -0.2) is 35.9 Å². The molecule has 3 rings (SSSR count). The van der Waals surface area contributed by atoms with Crippen molar-refractivity contribution in [1.82, 2.24) is 0 Å². The first-order chi connectivity index (χ1) is 10.1. The molecule has 116 valence electrons. The van der Waals surface area contributed by atoms with Crippen LogP contribution in [0.4, 0.5) is 0 Å². The lowest BCUT2D eigenvalue weighted by molar-refractivity contribution is -0.102. The van der Waals surface area contributed by atoms with Crippen LogP contribution in [0.5, 0.6) is 5.75 Å². The summed E-state index contributed by atoms with van der Waals surface area (Å²) in [5, 5.41) is 10.9. The zero-order chi connectivity index (χ0) is 14.9. The van der Waals surface area contributed by atoms with Crippen LogP contribution in [0.2, 0.25) is 0 Å². The molecule has 2 aliphatic rings. The molecule has 3 unspecified atom stereocenters. The lowest BCUT2D eigenvalue weighted by Gasteiger charge is -2.39. The van der Waals surface area contributed by atoms with Gasteiger partial charge in [0.05, 0.1) is 18.8 Å². The Hall–Kier alpha value is -0.710. The Morgan fingerprint density at radius 2 is 2.33 bits per heavy atom. The van der Waals surface area contributed by atoms with Gasteiger partial charge in [0.15, 0.2) is 0 Å². The summed E-state index contributed by atoms with van der Waals surface area (Å²) in [6.07, 6.45) is 2.53. The fourth-order valence-corrected chi connectivity index (χ4v) is 4.92. The van der Waals surface area contributed by atoms with E-state index < -0.39 is 6.10 Å². The second-order valence-corrected chi connectivity index (χ2v) is 7.38. The Bertz CT molecular complexity index is 497. The lowest BCUT2D eigenvalue weighted by Crippen LogP contribution is -2.41. The van der Waals surface area contributed by atoms with Gasteiger partial charge in [0.1, 0.15) is 5.75 Å². The fraction of sp³-hybridized carbons (Fsp3) is 0.647. The number of ether oxygens (including phenoxy) is 2. The van der Waals surface area contributed by atoms with Crippen molar-refractivity contribution in [3.05, 3.63) is 29.3 Å². The molecule has 1 aromatic carbocycles. The number of aliphatic hydroxyl groups excluding tert-OH is 1. The summed E-state index contributed by atoms with van der Waals surface area (Å²) in [6, 6.07) is 6.03. The molecule has 2 aliphatic heterocycles. The molecule has 2 saturated heterocycles. The molecule has 21 heavy (non-hydrogen) atoms. The van der Waals surface area contributed by atoms with Gasteiger partial charge in [-0.1, -0.05) is 11.6 Å². The van der Waals surface area contributed by atoms with Crippen LogP contribution in [0.15, 0.2) is 18.2 Å². The first-order valence-corrected chi connectivity index (χ1v) is 8.83.